The Morgan fingerprint density at radius 2 is 0.469 bits per heavy atom. The number of hydrogen-bond acceptors (Lipinski definition) is 4. The average molecular weight is 991 g/mol. The van der Waals surface area contributed by atoms with Crippen LogP contribution in [-0.2, 0) is 58.7 Å². The summed E-state index contributed by atoms with van der Waals surface area (Å²) in [6.45, 7) is 28.8. The molecule has 0 atom stereocenters. The molecule has 0 spiro atoms. The molecular formula is C58H70Br2O4. The molecule has 64 heavy (non-hydrogen) atoms. The van der Waals surface area contributed by atoms with Gasteiger partial charge < -0.3 is 18.9 Å². The highest BCUT2D eigenvalue weighted by Crippen LogP contribution is 2.30. The quantitative estimate of drug-likeness (QED) is 0.102. The van der Waals surface area contributed by atoms with Gasteiger partial charge in [0.2, 0.25) is 0 Å². The van der Waals surface area contributed by atoms with E-state index in [2.05, 4.69) is 236 Å². The second-order valence-electron chi connectivity index (χ2n) is 20.8. The topological polar surface area (TPSA) is 36.9 Å². The van der Waals surface area contributed by atoms with Gasteiger partial charge in [-0.05, 0) is 102 Å². The summed E-state index contributed by atoms with van der Waals surface area (Å²) in [7, 11) is 0. The summed E-state index contributed by atoms with van der Waals surface area (Å²) in [5.41, 5.74) is 12.8. The number of benzene rings is 6. The zero-order valence-electron chi connectivity index (χ0n) is 40.3. The lowest BCUT2D eigenvalue weighted by Gasteiger charge is -2.19. The highest BCUT2D eigenvalue weighted by atomic mass is 79.9. The van der Waals surface area contributed by atoms with E-state index >= 15 is 0 Å². The molecule has 0 amide bonds. The number of rotatable bonds is 14. The van der Waals surface area contributed by atoms with E-state index in [9.17, 15) is 0 Å². The summed E-state index contributed by atoms with van der Waals surface area (Å²) in [5, 5.41) is 1.50. The third-order valence-electron chi connectivity index (χ3n) is 11.1. The third-order valence-corrected chi connectivity index (χ3v) is 12.4. The molecule has 0 saturated carbocycles. The van der Waals surface area contributed by atoms with Crippen LogP contribution < -0.4 is 18.9 Å². The summed E-state index contributed by atoms with van der Waals surface area (Å²) in [6.07, 6.45) is 0. The molecule has 0 unspecified atom stereocenters. The van der Waals surface area contributed by atoms with Crippen LogP contribution in [-0.4, -0.2) is 0 Å². The van der Waals surface area contributed by atoms with Crippen LogP contribution in [0.2, 0.25) is 0 Å². The zero-order chi connectivity index (χ0) is 46.7. The molecule has 0 aliphatic heterocycles. The van der Waals surface area contributed by atoms with E-state index in [1.807, 2.05) is 12.1 Å². The summed E-state index contributed by atoms with van der Waals surface area (Å²) < 4.78 is 24.4. The molecule has 6 aromatic carbocycles. The maximum absolute atomic E-state index is 6.11. The van der Waals surface area contributed by atoms with E-state index in [0.29, 0.717) is 26.4 Å². The molecule has 6 heteroatoms. The summed E-state index contributed by atoms with van der Waals surface area (Å²) >= 11 is 7.12. The summed E-state index contributed by atoms with van der Waals surface area (Å²) in [6, 6.07) is 46.8. The van der Waals surface area contributed by atoms with Crippen LogP contribution in [0.4, 0.5) is 0 Å². The number of alkyl halides is 2. The highest BCUT2D eigenvalue weighted by Gasteiger charge is 2.16. The van der Waals surface area contributed by atoms with E-state index in [4.69, 9.17) is 18.9 Å². The van der Waals surface area contributed by atoms with Crippen LogP contribution in [0.5, 0.6) is 23.0 Å². The lowest BCUT2D eigenvalue weighted by atomic mass is 9.87. The van der Waals surface area contributed by atoms with Crippen LogP contribution in [0.15, 0.2) is 133 Å². The number of hydrogen-bond donors (Lipinski definition) is 0. The van der Waals surface area contributed by atoms with Gasteiger partial charge in [0.15, 0.2) is 0 Å². The predicted octanol–water partition coefficient (Wildman–Crippen LogP) is 16.7. The van der Waals surface area contributed by atoms with Crippen LogP contribution in [0, 0.1) is 0 Å². The molecule has 0 heterocycles. The van der Waals surface area contributed by atoms with E-state index in [1.54, 1.807) is 0 Å². The van der Waals surface area contributed by atoms with Crippen LogP contribution >= 0.6 is 31.9 Å². The maximum atomic E-state index is 6.11. The molecule has 0 aromatic heterocycles. The molecular weight excluding hydrogens is 920 g/mol. The largest absolute Gasteiger partial charge is 0.489 e. The molecule has 0 N–H and O–H groups in total. The van der Waals surface area contributed by atoms with Gasteiger partial charge in [0.1, 0.15) is 49.4 Å². The van der Waals surface area contributed by atoms with E-state index < -0.39 is 0 Å². The number of ether oxygens (including phenoxy) is 4. The molecule has 340 valence electrons. The molecule has 0 saturated heterocycles. The van der Waals surface area contributed by atoms with Crippen molar-refractivity contribution in [1.29, 1.82) is 0 Å². The van der Waals surface area contributed by atoms with Gasteiger partial charge >= 0.3 is 0 Å². The molecule has 0 aliphatic carbocycles. The minimum Gasteiger partial charge on any atom is -0.489 e. The third kappa shape index (κ3) is 15.9. The van der Waals surface area contributed by atoms with Gasteiger partial charge in [0.05, 0.1) is 0 Å². The Morgan fingerprint density at radius 1 is 0.281 bits per heavy atom. The van der Waals surface area contributed by atoms with Crippen LogP contribution in [0.3, 0.4) is 0 Å². The Kier molecular flexibility index (Phi) is 17.4. The van der Waals surface area contributed by atoms with Crippen molar-refractivity contribution in [3.63, 3.8) is 0 Å². The van der Waals surface area contributed by atoms with Crippen molar-refractivity contribution in [2.75, 3.05) is 0 Å². The molecule has 0 fully saturated rings. The standard InChI is InChI=1S/2C29H35BrO2/c2*1-28(2,3)24-11-7-21(8-12-24)19-31-26-15-23(18-30)16-27(17-26)32-20-22-9-13-25(14-10-22)29(4,5)6/h2*7-17H,18-20H2,1-6H3. The van der Waals surface area contributed by atoms with Gasteiger partial charge in [-0.25, -0.2) is 0 Å². The minimum atomic E-state index is 0.156. The minimum absolute atomic E-state index is 0.156. The van der Waals surface area contributed by atoms with Crippen molar-refractivity contribution in [2.24, 2.45) is 0 Å². The fourth-order valence-electron chi connectivity index (χ4n) is 6.82. The predicted molar refractivity (Wildman–Crippen MR) is 276 cm³/mol. The normalized spacial score (nSPS) is 12.0. The Balaban J connectivity index is 0.000000241. The van der Waals surface area contributed by atoms with Gasteiger partial charge in [-0.3, -0.25) is 0 Å². The maximum Gasteiger partial charge on any atom is 0.123 e. The molecule has 6 aromatic rings. The first-order valence-electron chi connectivity index (χ1n) is 22.4. The second-order valence-corrected chi connectivity index (χ2v) is 22.0. The molecule has 0 radical (unpaired) electrons. The average Bonchev–Trinajstić information content (AvgIpc) is 3.25. The van der Waals surface area contributed by atoms with Gasteiger partial charge in [0, 0.05) is 22.8 Å². The second kappa shape index (κ2) is 22.1. The molecule has 0 bridgehead atoms. The van der Waals surface area contributed by atoms with Crippen molar-refractivity contribution in [3.05, 3.63) is 189 Å². The summed E-state index contributed by atoms with van der Waals surface area (Å²) in [4.78, 5) is 0. The van der Waals surface area contributed by atoms with E-state index in [-0.39, 0.29) is 21.7 Å². The van der Waals surface area contributed by atoms with Crippen LogP contribution in [0.1, 0.15) is 139 Å². The Hall–Kier alpha value is -4.52. The lowest BCUT2D eigenvalue weighted by Crippen LogP contribution is -2.11. The smallest absolute Gasteiger partial charge is 0.123 e. The molecule has 6 rings (SSSR count). The fraction of sp³-hybridized carbons (Fsp3) is 0.379. The van der Waals surface area contributed by atoms with Crippen molar-refractivity contribution in [3.8, 4) is 23.0 Å². The van der Waals surface area contributed by atoms with Gasteiger partial charge in [-0.15, -0.1) is 0 Å². The van der Waals surface area contributed by atoms with E-state index in [1.165, 1.54) is 22.3 Å². The Bertz CT molecular complexity index is 2030. The zero-order valence-corrected chi connectivity index (χ0v) is 43.5. The first-order chi connectivity index (χ1) is 30.1. The van der Waals surface area contributed by atoms with E-state index in [0.717, 1.165) is 67.0 Å². The highest BCUT2D eigenvalue weighted by molar-refractivity contribution is 9.08. The Labute approximate surface area is 402 Å². The molecule has 4 nitrogen and oxygen atoms in total. The SMILES string of the molecule is CC(C)(C)c1ccc(COc2cc(CBr)cc(OCc3ccc(C(C)(C)C)cc3)c2)cc1.CC(C)(C)c1ccc(COc2cc(CBr)cc(OCc3ccc(C(C)(C)C)cc3)c2)cc1. The monoisotopic (exact) mass is 988 g/mol. The van der Waals surface area contributed by atoms with Crippen molar-refractivity contribution in [1.82, 2.24) is 0 Å². The van der Waals surface area contributed by atoms with Gasteiger partial charge in [0.25, 0.3) is 0 Å². The van der Waals surface area contributed by atoms with Crippen molar-refractivity contribution < 1.29 is 18.9 Å². The molecule has 0 aliphatic rings. The lowest BCUT2D eigenvalue weighted by molar-refractivity contribution is 0.289. The Morgan fingerprint density at radius 3 is 0.625 bits per heavy atom. The first kappa shape index (κ1) is 50.5. The summed E-state index contributed by atoms with van der Waals surface area (Å²) in [5.74, 6) is 3.28. The van der Waals surface area contributed by atoms with Gasteiger partial charge in [-0.2, -0.15) is 0 Å². The first-order valence-corrected chi connectivity index (χ1v) is 24.6. The van der Waals surface area contributed by atoms with Crippen LogP contribution in [0.25, 0.3) is 0 Å². The van der Waals surface area contributed by atoms with Crippen molar-refractivity contribution >= 4 is 31.9 Å². The fourth-order valence-corrected chi connectivity index (χ4v) is 7.47. The van der Waals surface area contributed by atoms with Gasteiger partial charge in [-0.1, -0.05) is 212 Å². The van der Waals surface area contributed by atoms with Crippen molar-refractivity contribution in [2.45, 2.75) is 142 Å². The number of halogens is 2.